The Kier molecular flexibility index (Phi) is 12.6. The van der Waals surface area contributed by atoms with Crippen LogP contribution in [0.3, 0.4) is 0 Å². The molecule has 0 fully saturated rings. The first kappa shape index (κ1) is 28.8. The molecule has 0 aromatic heterocycles. The van der Waals surface area contributed by atoms with Crippen molar-refractivity contribution in [3.8, 4) is 0 Å². The lowest BCUT2D eigenvalue weighted by Crippen LogP contribution is -2.46. The first-order valence-electron chi connectivity index (χ1n) is 10.8. The Labute approximate surface area is 174 Å². The number of hydrogen-bond donors (Lipinski definition) is 1. The largest absolute Gasteiger partial charge is 0.356 e. The van der Waals surface area contributed by atoms with Crippen molar-refractivity contribution < 1.29 is 14.4 Å². The summed E-state index contributed by atoms with van der Waals surface area (Å²) < 4.78 is 0. The molecule has 0 aliphatic rings. The normalized spacial score (nSPS) is 12.0. The van der Waals surface area contributed by atoms with E-state index in [4.69, 9.17) is 0 Å². The van der Waals surface area contributed by atoms with Gasteiger partial charge in [-0.1, -0.05) is 76.2 Å². The Morgan fingerprint density at radius 2 is 1.25 bits per heavy atom. The van der Waals surface area contributed by atoms with Gasteiger partial charge in [0.1, 0.15) is 0 Å². The van der Waals surface area contributed by atoms with E-state index in [9.17, 15) is 14.4 Å². The lowest BCUT2D eigenvalue weighted by Gasteiger charge is -2.37. The lowest BCUT2D eigenvalue weighted by atomic mass is 9.74. The molecule has 0 aromatic carbocycles. The van der Waals surface area contributed by atoms with Crippen LogP contribution in [0.5, 0.6) is 0 Å². The molecule has 0 spiro atoms. The second-order valence-electron chi connectivity index (χ2n) is 9.87. The molecule has 0 rings (SSSR count). The summed E-state index contributed by atoms with van der Waals surface area (Å²) in [5, 5.41) is 3.04. The molecule has 0 aliphatic heterocycles. The molecule has 0 saturated heterocycles. The molecule has 0 radical (unpaired) electrons. The molecule has 0 bridgehead atoms. The van der Waals surface area contributed by atoms with Crippen molar-refractivity contribution in [3.63, 3.8) is 0 Å². The molecular weight excluding hydrogens is 352 g/mol. The summed E-state index contributed by atoms with van der Waals surface area (Å²) in [6.07, 6.45) is 2.12. The Hall–Kier alpha value is -1.39. The van der Waals surface area contributed by atoms with Gasteiger partial charge in [-0.05, 0) is 23.7 Å². The Balaban J connectivity index is 0. The van der Waals surface area contributed by atoms with Crippen molar-refractivity contribution in [2.75, 3.05) is 13.1 Å². The van der Waals surface area contributed by atoms with Crippen LogP contribution in [0, 0.1) is 16.2 Å². The second kappa shape index (κ2) is 12.2. The van der Waals surface area contributed by atoms with E-state index in [1.165, 1.54) is 4.90 Å². The minimum atomic E-state index is -0.572. The number of nitrogens with zero attached hydrogens (tertiary/aromatic N) is 1. The monoisotopic (exact) mass is 398 g/mol. The van der Waals surface area contributed by atoms with Crippen molar-refractivity contribution in [3.05, 3.63) is 0 Å². The number of carbonyl (C=O) groups is 3. The standard InChI is InChI=1S/C21H40N2O3.C2H6/c1-10-16(24)23(17(25)11-2)15-20(6,7)14-21(8,9)18(26)22-13-12-19(3,4)5;1-2/h10-15H2,1-9H3,(H,22,26);1-2H3. The summed E-state index contributed by atoms with van der Waals surface area (Å²) in [7, 11) is 0. The van der Waals surface area contributed by atoms with Crippen LogP contribution in [0.4, 0.5) is 0 Å². The van der Waals surface area contributed by atoms with E-state index < -0.39 is 5.41 Å². The van der Waals surface area contributed by atoms with Gasteiger partial charge in [0, 0.05) is 31.3 Å². The van der Waals surface area contributed by atoms with Gasteiger partial charge in [-0.3, -0.25) is 19.3 Å². The van der Waals surface area contributed by atoms with E-state index in [2.05, 4.69) is 26.1 Å². The SMILES string of the molecule is CC.CCC(=O)N(CC(C)(C)CC(C)(C)C(=O)NCCC(C)(C)C)C(=O)CC. The van der Waals surface area contributed by atoms with E-state index in [0.717, 1.165) is 6.42 Å². The average molecular weight is 399 g/mol. The zero-order valence-corrected chi connectivity index (χ0v) is 20.4. The van der Waals surface area contributed by atoms with E-state index in [-0.39, 0.29) is 28.6 Å². The lowest BCUT2D eigenvalue weighted by molar-refractivity contribution is -0.146. The Bertz CT molecular complexity index is 486. The Morgan fingerprint density at radius 1 is 0.821 bits per heavy atom. The van der Waals surface area contributed by atoms with Crippen molar-refractivity contribution >= 4 is 17.7 Å². The van der Waals surface area contributed by atoms with Crippen LogP contribution in [0.2, 0.25) is 0 Å². The van der Waals surface area contributed by atoms with Crippen LogP contribution in [-0.2, 0) is 14.4 Å². The van der Waals surface area contributed by atoms with Crippen LogP contribution in [0.25, 0.3) is 0 Å². The van der Waals surface area contributed by atoms with Crippen LogP contribution in [0.1, 0.15) is 102 Å². The zero-order chi connectivity index (χ0) is 22.8. The van der Waals surface area contributed by atoms with Crippen LogP contribution >= 0.6 is 0 Å². The molecule has 28 heavy (non-hydrogen) atoms. The number of rotatable bonds is 9. The molecule has 5 nitrogen and oxygen atoms in total. The first-order chi connectivity index (χ1) is 12.6. The quantitative estimate of drug-likeness (QED) is 0.582. The van der Waals surface area contributed by atoms with E-state index >= 15 is 0 Å². The molecule has 1 N–H and O–H groups in total. The third kappa shape index (κ3) is 11.5. The molecule has 5 heteroatoms. The van der Waals surface area contributed by atoms with Crippen molar-refractivity contribution in [1.82, 2.24) is 10.2 Å². The highest BCUT2D eigenvalue weighted by Crippen LogP contribution is 2.35. The van der Waals surface area contributed by atoms with E-state index in [0.29, 0.717) is 32.4 Å². The number of imide groups is 1. The van der Waals surface area contributed by atoms with Crippen LogP contribution in [-0.4, -0.2) is 35.7 Å². The summed E-state index contributed by atoms with van der Waals surface area (Å²) in [6.45, 7) is 22.8. The molecule has 0 heterocycles. The first-order valence-corrected chi connectivity index (χ1v) is 10.8. The third-order valence-electron chi connectivity index (χ3n) is 4.49. The second-order valence-corrected chi connectivity index (χ2v) is 9.87. The van der Waals surface area contributed by atoms with Gasteiger partial charge in [0.25, 0.3) is 0 Å². The van der Waals surface area contributed by atoms with Gasteiger partial charge >= 0.3 is 0 Å². The van der Waals surface area contributed by atoms with Crippen molar-refractivity contribution in [1.29, 1.82) is 0 Å². The molecular formula is C23H46N2O3. The predicted octanol–water partition coefficient (Wildman–Crippen LogP) is 5.18. The highest BCUT2D eigenvalue weighted by atomic mass is 16.2. The van der Waals surface area contributed by atoms with Gasteiger partial charge < -0.3 is 5.32 Å². The summed E-state index contributed by atoms with van der Waals surface area (Å²) >= 11 is 0. The molecule has 0 aliphatic carbocycles. The zero-order valence-electron chi connectivity index (χ0n) is 20.4. The molecule has 166 valence electrons. The number of carbonyl (C=O) groups excluding carboxylic acids is 3. The summed E-state index contributed by atoms with van der Waals surface area (Å²) in [4.78, 5) is 38.3. The van der Waals surface area contributed by atoms with Gasteiger partial charge in [-0.15, -0.1) is 0 Å². The number of amides is 3. The highest BCUT2D eigenvalue weighted by molar-refractivity contribution is 5.95. The van der Waals surface area contributed by atoms with Crippen molar-refractivity contribution in [2.45, 2.75) is 102 Å². The highest BCUT2D eigenvalue weighted by Gasteiger charge is 2.37. The van der Waals surface area contributed by atoms with Gasteiger partial charge in [-0.25, -0.2) is 0 Å². The Morgan fingerprint density at radius 3 is 1.61 bits per heavy atom. The summed E-state index contributed by atoms with van der Waals surface area (Å²) in [6, 6.07) is 0. The van der Waals surface area contributed by atoms with Gasteiger partial charge in [0.05, 0.1) is 0 Å². The van der Waals surface area contributed by atoms with Gasteiger partial charge in [-0.2, -0.15) is 0 Å². The number of hydrogen-bond acceptors (Lipinski definition) is 3. The molecule has 0 atom stereocenters. The molecule has 0 unspecified atom stereocenters. The minimum absolute atomic E-state index is 0.0185. The topological polar surface area (TPSA) is 66.5 Å². The van der Waals surface area contributed by atoms with Crippen LogP contribution in [0.15, 0.2) is 0 Å². The molecule has 0 aromatic rings. The van der Waals surface area contributed by atoms with E-state index in [1.54, 1.807) is 13.8 Å². The predicted molar refractivity (Wildman–Crippen MR) is 118 cm³/mol. The fourth-order valence-corrected chi connectivity index (χ4v) is 3.25. The van der Waals surface area contributed by atoms with Crippen molar-refractivity contribution in [2.24, 2.45) is 16.2 Å². The van der Waals surface area contributed by atoms with E-state index in [1.807, 2.05) is 41.5 Å². The third-order valence-corrected chi connectivity index (χ3v) is 4.49. The smallest absolute Gasteiger partial charge is 0.228 e. The molecule has 0 saturated carbocycles. The summed E-state index contributed by atoms with van der Waals surface area (Å²) in [5.74, 6) is -0.292. The minimum Gasteiger partial charge on any atom is -0.356 e. The maximum Gasteiger partial charge on any atom is 0.228 e. The maximum absolute atomic E-state index is 12.6. The maximum atomic E-state index is 12.6. The van der Waals surface area contributed by atoms with Gasteiger partial charge in [0.15, 0.2) is 0 Å². The van der Waals surface area contributed by atoms with Gasteiger partial charge in [0.2, 0.25) is 17.7 Å². The summed E-state index contributed by atoms with van der Waals surface area (Å²) in [5.41, 5.74) is -0.740. The number of nitrogens with one attached hydrogen (secondary N) is 1. The fraction of sp³-hybridized carbons (Fsp3) is 0.870. The average Bonchev–Trinajstić information content (AvgIpc) is 2.58. The fourth-order valence-electron chi connectivity index (χ4n) is 3.25. The molecule has 3 amide bonds. The van der Waals surface area contributed by atoms with Crippen LogP contribution < -0.4 is 5.32 Å².